The highest BCUT2D eigenvalue weighted by Gasteiger charge is 2.12. The topological polar surface area (TPSA) is 92.4 Å². The molecule has 0 bridgehead atoms. The Bertz CT molecular complexity index is 209. The van der Waals surface area contributed by atoms with Crippen LogP contribution in [0, 0.1) is 0 Å². The average Bonchev–Trinajstić information content (AvgIpc) is 2.10. The van der Waals surface area contributed by atoms with Crippen LogP contribution in [0.3, 0.4) is 0 Å². The lowest BCUT2D eigenvalue weighted by Crippen LogP contribution is -2.40. The van der Waals surface area contributed by atoms with Gasteiger partial charge >= 0.3 is 0 Å². The fourth-order valence-electron chi connectivity index (χ4n) is 0.604. The van der Waals surface area contributed by atoms with Gasteiger partial charge < -0.3 is 16.2 Å². The minimum Gasteiger partial charge on any atom is -0.381 e. The summed E-state index contributed by atoms with van der Waals surface area (Å²) in [5.74, 6) is -0.714. The highest BCUT2D eigenvalue weighted by molar-refractivity contribution is 8.00. The van der Waals surface area contributed by atoms with E-state index in [9.17, 15) is 9.59 Å². The standard InChI is InChI=1S/C8H16N2O3S/c1-5(2)14-4-7(12)10-3-6(11)8(9)13/h5-6,11H,3-4H2,1-2H3,(H2,9,13)(H,10,12). The molecule has 0 saturated heterocycles. The van der Waals surface area contributed by atoms with Gasteiger partial charge in [-0.15, -0.1) is 11.8 Å². The maximum atomic E-state index is 11.1. The molecule has 0 heterocycles. The van der Waals surface area contributed by atoms with Crippen molar-refractivity contribution in [3.8, 4) is 0 Å². The van der Waals surface area contributed by atoms with Gasteiger partial charge in [0.05, 0.1) is 12.3 Å². The summed E-state index contributed by atoms with van der Waals surface area (Å²) in [6.45, 7) is 3.85. The minimum atomic E-state index is -1.30. The van der Waals surface area contributed by atoms with Gasteiger partial charge in [-0.25, -0.2) is 0 Å². The molecule has 0 aromatic rings. The van der Waals surface area contributed by atoms with Crippen molar-refractivity contribution in [1.29, 1.82) is 0 Å². The largest absolute Gasteiger partial charge is 0.381 e. The molecular weight excluding hydrogens is 204 g/mol. The Labute approximate surface area is 87.4 Å². The Hall–Kier alpha value is -0.750. The first-order valence-corrected chi connectivity index (χ1v) is 5.34. The number of nitrogens with one attached hydrogen (secondary N) is 1. The monoisotopic (exact) mass is 220 g/mol. The van der Waals surface area contributed by atoms with Crippen molar-refractivity contribution in [2.24, 2.45) is 5.73 Å². The van der Waals surface area contributed by atoms with Gasteiger partial charge in [0.15, 0.2) is 0 Å². The van der Waals surface area contributed by atoms with Crippen molar-refractivity contribution >= 4 is 23.6 Å². The second-order valence-electron chi connectivity index (χ2n) is 3.08. The van der Waals surface area contributed by atoms with Crippen molar-refractivity contribution in [1.82, 2.24) is 5.32 Å². The van der Waals surface area contributed by atoms with Gasteiger partial charge in [0, 0.05) is 0 Å². The van der Waals surface area contributed by atoms with Crippen LogP contribution in [0.4, 0.5) is 0 Å². The van der Waals surface area contributed by atoms with Gasteiger partial charge in [-0.1, -0.05) is 13.8 Å². The van der Waals surface area contributed by atoms with Gasteiger partial charge in [-0.3, -0.25) is 9.59 Å². The van der Waals surface area contributed by atoms with E-state index in [1.54, 1.807) is 0 Å². The van der Waals surface area contributed by atoms with Crippen LogP contribution in [0.25, 0.3) is 0 Å². The fraction of sp³-hybridized carbons (Fsp3) is 0.750. The highest BCUT2D eigenvalue weighted by atomic mass is 32.2. The second kappa shape index (κ2) is 6.67. The van der Waals surface area contributed by atoms with E-state index < -0.39 is 12.0 Å². The molecule has 2 amide bonds. The second-order valence-corrected chi connectivity index (χ2v) is 4.65. The zero-order valence-electron chi connectivity index (χ0n) is 8.32. The van der Waals surface area contributed by atoms with E-state index >= 15 is 0 Å². The van der Waals surface area contributed by atoms with Crippen LogP contribution in [-0.2, 0) is 9.59 Å². The number of aliphatic hydroxyl groups excluding tert-OH is 1. The molecule has 0 aliphatic carbocycles. The smallest absolute Gasteiger partial charge is 0.248 e. The fourth-order valence-corrected chi connectivity index (χ4v) is 1.19. The van der Waals surface area contributed by atoms with Crippen molar-refractivity contribution < 1.29 is 14.7 Å². The molecule has 0 aliphatic rings. The minimum absolute atomic E-state index is 0.118. The number of nitrogens with two attached hydrogens (primary N) is 1. The number of hydrogen-bond acceptors (Lipinski definition) is 4. The molecule has 0 rings (SSSR count). The molecule has 5 nitrogen and oxygen atoms in total. The number of amides is 2. The summed E-state index contributed by atoms with van der Waals surface area (Å²) >= 11 is 1.49. The summed E-state index contributed by atoms with van der Waals surface area (Å²) in [4.78, 5) is 21.5. The normalized spacial score (nSPS) is 12.6. The molecule has 0 saturated carbocycles. The summed E-state index contributed by atoms with van der Waals surface area (Å²) in [6.07, 6.45) is -1.30. The number of aliphatic hydroxyl groups is 1. The van der Waals surface area contributed by atoms with E-state index in [0.717, 1.165) is 0 Å². The lowest BCUT2D eigenvalue weighted by Gasteiger charge is -2.09. The SMILES string of the molecule is CC(C)SCC(=O)NCC(O)C(N)=O. The van der Waals surface area contributed by atoms with E-state index in [-0.39, 0.29) is 12.5 Å². The summed E-state index contributed by atoms with van der Waals surface area (Å²) in [6, 6.07) is 0. The first kappa shape index (κ1) is 13.2. The number of primary amides is 1. The first-order chi connectivity index (χ1) is 6.43. The molecule has 0 spiro atoms. The van der Waals surface area contributed by atoms with Crippen LogP contribution in [0.5, 0.6) is 0 Å². The maximum absolute atomic E-state index is 11.1. The quantitative estimate of drug-likeness (QED) is 0.540. The zero-order valence-corrected chi connectivity index (χ0v) is 9.13. The van der Waals surface area contributed by atoms with E-state index in [0.29, 0.717) is 11.0 Å². The predicted octanol–water partition coefficient (Wildman–Crippen LogP) is -0.910. The van der Waals surface area contributed by atoms with Crippen LogP contribution in [0.15, 0.2) is 0 Å². The molecule has 4 N–H and O–H groups in total. The number of rotatable bonds is 6. The molecule has 14 heavy (non-hydrogen) atoms. The highest BCUT2D eigenvalue weighted by Crippen LogP contribution is 2.07. The summed E-state index contributed by atoms with van der Waals surface area (Å²) < 4.78 is 0. The van der Waals surface area contributed by atoms with Crippen LogP contribution < -0.4 is 11.1 Å². The number of carbonyl (C=O) groups is 2. The molecule has 0 radical (unpaired) electrons. The molecule has 0 aromatic heterocycles. The Morgan fingerprint density at radius 3 is 2.50 bits per heavy atom. The molecule has 0 fully saturated rings. The molecular formula is C8H16N2O3S. The van der Waals surface area contributed by atoms with Crippen molar-refractivity contribution in [2.75, 3.05) is 12.3 Å². The summed E-state index contributed by atoms with van der Waals surface area (Å²) in [5, 5.41) is 11.7. The maximum Gasteiger partial charge on any atom is 0.248 e. The Morgan fingerprint density at radius 1 is 1.50 bits per heavy atom. The van der Waals surface area contributed by atoms with Gasteiger partial charge in [0.1, 0.15) is 6.10 Å². The Morgan fingerprint density at radius 2 is 2.07 bits per heavy atom. The van der Waals surface area contributed by atoms with Crippen molar-refractivity contribution in [3.63, 3.8) is 0 Å². The molecule has 0 aromatic carbocycles. The molecule has 1 atom stereocenters. The van der Waals surface area contributed by atoms with Gasteiger partial charge in [-0.2, -0.15) is 0 Å². The lowest BCUT2D eigenvalue weighted by molar-refractivity contribution is -0.126. The third kappa shape index (κ3) is 6.73. The van der Waals surface area contributed by atoms with Crippen LogP contribution in [-0.4, -0.2) is 40.6 Å². The summed E-state index contributed by atoms with van der Waals surface area (Å²) in [7, 11) is 0. The van der Waals surface area contributed by atoms with Gasteiger partial charge in [0.2, 0.25) is 11.8 Å². The van der Waals surface area contributed by atoms with E-state index in [1.807, 2.05) is 13.8 Å². The molecule has 0 aliphatic heterocycles. The third-order valence-electron chi connectivity index (χ3n) is 1.37. The van der Waals surface area contributed by atoms with E-state index in [2.05, 4.69) is 5.32 Å². The molecule has 82 valence electrons. The van der Waals surface area contributed by atoms with Gasteiger partial charge in [0.25, 0.3) is 0 Å². The Balaban J connectivity index is 3.59. The van der Waals surface area contributed by atoms with Crippen LogP contribution >= 0.6 is 11.8 Å². The third-order valence-corrected chi connectivity index (χ3v) is 2.46. The van der Waals surface area contributed by atoms with E-state index in [1.165, 1.54) is 11.8 Å². The van der Waals surface area contributed by atoms with E-state index in [4.69, 9.17) is 10.8 Å². The predicted molar refractivity (Wildman–Crippen MR) is 55.8 cm³/mol. The first-order valence-electron chi connectivity index (χ1n) is 4.29. The van der Waals surface area contributed by atoms with Gasteiger partial charge in [-0.05, 0) is 5.25 Å². The average molecular weight is 220 g/mol. The molecule has 1 unspecified atom stereocenters. The Kier molecular flexibility index (Phi) is 6.31. The lowest BCUT2D eigenvalue weighted by atomic mass is 10.3. The van der Waals surface area contributed by atoms with Crippen LogP contribution in [0.1, 0.15) is 13.8 Å². The number of hydrogen-bond donors (Lipinski definition) is 3. The van der Waals surface area contributed by atoms with Crippen molar-refractivity contribution in [2.45, 2.75) is 25.2 Å². The zero-order chi connectivity index (χ0) is 11.1. The van der Waals surface area contributed by atoms with Crippen LogP contribution in [0.2, 0.25) is 0 Å². The number of carbonyl (C=O) groups excluding carboxylic acids is 2. The summed E-state index contributed by atoms with van der Waals surface area (Å²) in [5.41, 5.74) is 4.80. The number of thioether (sulfide) groups is 1. The van der Waals surface area contributed by atoms with Crippen molar-refractivity contribution in [3.05, 3.63) is 0 Å². The molecule has 6 heteroatoms.